The lowest BCUT2D eigenvalue weighted by Crippen LogP contribution is -2.44. The first-order valence-corrected chi connectivity index (χ1v) is 6.57. The van der Waals surface area contributed by atoms with Crippen LogP contribution in [0, 0.1) is 17.2 Å². The number of ether oxygens (including phenoxy) is 1. The monoisotopic (exact) mass is 240 g/mol. The first-order chi connectivity index (χ1) is 8.31. The van der Waals surface area contributed by atoms with Crippen molar-refractivity contribution in [3.05, 3.63) is 0 Å². The molecule has 2 N–H and O–H groups in total. The standard InChI is InChI=1S/C13H24N2O2/c1-17-10-12(7-8-16)15-13-6-4-2-3-5-11(13)9-14/h11-13,15-16H,2-8,10H2,1H3. The van der Waals surface area contributed by atoms with Crippen molar-refractivity contribution in [2.75, 3.05) is 20.3 Å². The van der Waals surface area contributed by atoms with Gasteiger partial charge in [-0.25, -0.2) is 0 Å². The van der Waals surface area contributed by atoms with Crippen molar-refractivity contribution in [1.82, 2.24) is 5.32 Å². The Morgan fingerprint density at radius 3 is 2.82 bits per heavy atom. The normalized spacial score (nSPS) is 27.1. The molecule has 0 heterocycles. The van der Waals surface area contributed by atoms with Crippen LogP contribution in [0.5, 0.6) is 0 Å². The molecule has 3 unspecified atom stereocenters. The Morgan fingerprint density at radius 1 is 1.41 bits per heavy atom. The maximum absolute atomic E-state index is 9.19. The van der Waals surface area contributed by atoms with E-state index in [-0.39, 0.29) is 24.6 Å². The number of aliphatic hydroxyl groups excluding tert-OH is 1. The van der Waals surface area contributed by atoms with Crippen LogP contribution in [0.3, 0.4) is 0 Å². The molecule has 1 aliphatic rings. The summed E-state index contributed by atoms with van der Waals surface area (Å²) in [4.78, 5) is 0. The molecule has 0 aromatic rings. The van der Waals surface area contributed by atoms with Crippen molar-refractivity contribution in [3.8, 4) is 6.07 Å². The van der Waals surface area contributed by atoms with Crippen molar-refractivity contribution in [3.63, 3.8) is 0 Å². The van der Waals surface area contributed by atoms with Gasteiger partial charge >= 0.3 is 0 Å². The predicted octanol–water partition coefficient (Wildman–Crippen LogP) is 1.45. The van der Waals surface area contributed by atoms with Crippen LogP contribution in [-0.2, 0) is 4.74 Å². The minimum Gasteiger partial charge on any atom is -0.396 e. The molecular weight excluding hydrogens is 216 g/mol. The van der Waals surface area contributed by atoms with E-state index in [0.29, 0.717) is 13.0 Å². The summed E-state index contributed by atoms with van der Waals surface area (Å²) in [5.41, 5.74) is 0. The van der Waals surface area contributed by atoms with Gasteiger partial charge in [0.1, 0.15) is 0 Å². The van der Waals surface area contributed by atoms with E-state index in [9.17, 15) is 5.26 Å². The number of hydrogen-bond donors (Lipinski definition) is 2. The van der Waals surface area contributed by atoms with E-state index in [0.717, 1.165) is 19.3 Å². The SMILES string of the molecule is COCC(CCO)NC1CCCCCC1C#N. The molecule has 0 aromatic carbocycles. The van der Waals surface area contributed by atoms with Crippen LogP contribution >= 0.6 is 0 Å². The van der Waals surface area contributed by atoms with Crippen LogP contribution in [0.15, 0.2) is 0 Å². The lowest BCUT2D eigenvalue weighted by molar-refractivity contribution is 0.137. The lowest BCUT2D eigenvalue weighted by Gasteiger charge is -2.26. The highest BCUT2D eigenvalue weighted by Crippen LogP contribution is 2.23. The van der Waals surface area contributed by atoms with Gasteiger partial charge in [-0.05, 0) is 19.3 Å². The molecule has 0 radical (unpaired) electrons. The van der Waals surface area contributed by atoms with Crippen LogP contribution in [0.25, 0.3) is 0 Å². The van der Waals surface area contributed by atoms with Crippen LogP contribution < -0.4 is 5.32 Å². The minimum absolute atomic E-state index is 0.107. The molecular formula is C13H24N2O2. The Hall–Kier alpha value is -0.630. The van der Waals surface area contributed by atoms with E-state index in [1.807, 2.05) is 0 Å². The molecule has 0 aliphatic heterocycles. The first-order valence-electron chi connectivity index (χ1n) is 6.57. The third-order valence-electron chi connectivity index (χ3n) is 3.48. The minimum atomic E-state index is 0.107. The van der Waals surface area contributed by atoms with Crippen LogP contribution in [0.2, 0.25) is 0 Å². The molecule has 0 bridgehead atoms. The van der Waals surface area contributed by atoms with Crippen molar-refractivity contribution in [2.45, 2.75) is 50.6 Å². The summed E-state index contributed by atoms with van der Waals surface area (Å²) in [5.74, 6) is 0.107. The molecule has 0 amide bonds. The molecule has 3 atom stereocenters. The summed E-state index contributed by atoms with van der Waals surface area (Å²) in [7, 11) is 1.67. The first kappa shape index (κ1) is 14.4. The van der Waals surface area contributed by atoms with E-state index < -0.39 is 0 Å². The van der Waals surface area contributed by atoms with Gasteiger partial charge in [-0.15, -0.1) is 0 Å². The fraction of sp³-hybridized carbons (Fsp3) is 0.923. The molecule has 4 heteroatoms. The summed E-state index contributed by atoms with van der Waals surface area (Å²) >= 11 is 0. The van der Waals surface area contributed by atoms with E-state index in [4.69, 9.17) is 9.84 Å². The predicted molar refractivity (Wildman–Crippen MR) is 66.5 cm³/mol. The van der Waals surface area contributed by atoms with Gasteiger partial charge < -0.3 is 15.2 Å². The highest BCUT2D eigenvalue weighted by Gasteiger charge is 2.25. The summed E-state index contributed by atoms with van der Waals surface area (Å²) in [6, 6.07) is 2.83. The Labute approximate surface area is 104 Å². The van der Waals surface area contributed by atoms with E-state index in [1.54, 1.807) is 7.11 Å². The summed E-state index contributed by atoms with van der Waals surface area (Å²) in [5, 5.41) is 21.7. The van der Waals surface area contributed by atoms with Crippen molar-refractivity contribution in [2.24, 2.45) is 5.92 Å². The van der Waals surface area contributed by atoms with E-state index in [1.165, 1.54) is 12.8 Å². The highest BCUT2D eigenvalue weighted by atomic mass is 16.5. The van der Waals surface area contributed by atoms with Crippen molar-refractivity contribution in [1.29, 1.82) is 5.26 Å². The number of methoxy groups -OCH3 is 1. The van der Waals surface area contributed by atoms with Gasteiger partial charge in [-0.3, -0.25) is 0 Å². The molecule has 1 rings (SSSR count). The number of nitriles is 1. The van der Waals surface area contributed by atoms with E-state index in [2.05, 4.69) is 11.4 Å². The quantitative estimate of drug-likeness (QED) is 0.690. The second kappa shape index (κ2) is 8.46. The molecule has 0 saturated heterocycles. The summed E-state index contributed by atoms with van der Waals surface area (Å²) < 4.78 is 5.14. The van der Waals surface area contributed by atoms with Gasteiger partial charge in [0.05, 0.1) is 18.6 Å². The third kappa shape index (κ3) is 5.03. The van der Waals surface area contributed by atoms with Gasteiger partial charge in [0.2, 0.25) is 0 Å². The summed E-state index contributed by atoms with van der Waals surface area (Å²) in [6.45, 7) is 0.750. The van der Waals surface area contributed by atoms with Crippen LogP contribution in [0.1, 0.15) is 38.5 Å². The smallest absolute Gasteiger partial charge is 0.0672 e. The fourth-order valence-corrected chi connectivity index (χ4v) is 2.54. The zero-order valence-corrected chi connectivity index (χ0v) is 10.7. The number of hydrogen-bond acceptors (Lipinski definition) is 4. The average molecular weight is 240 g/mol. The van der Waals surface area contributed by atoms with Crippen LogP contribution in [0.4, 0.5) is 0 Å². The largest absolute Gasteiger partial charge is 0.396 e. The second-order valence-electron chi connectivity index (χ2n) is 4.81. The molecule has 1 aliphatic carbocycles. The van der Waals surface area contributed by atoms with Crippen molar-refractivity contribution >= 4 is 0 Å². The second-order valence-corrected chi connectivity index (χ2v) is 4.81. The van der Waals surface area contributed by atoms with Gasteiger partial charge in [-0.1, -0.05) is 19.3 Å². The van der Waals surface area contributed by atoms with Crippen molar-refractivity contribution < 1.29 is 9.84 Å². The Morgan fingerprint density at radius 2 is 2.18 bits per heavy atom. The topological polar surface area (TPSA) is 65.3 Å². The number of rotatable bonds is 6. The molecule has 4 nitrogen and oxygen atoms in total. The molecule has 17 heavy (non-hydrogen) atoms. The van der Waals surface area contributed by atoms with Gasteiger partial charge in [0, 0.05) is 25.8 Å². The molecule has 1 fully saturated rings. The number of aliphatic hydroxyl groups is 1. The van der Waals surface area contributed by atoms with Gasteiger partial charge in [0.15, 0.2) is 0 Å². The van der Waals surface area contributed by atoms with Gasteiger partial charge in [0.25, 0.3) is 0 Å². The highest BCUT2D eigenvalue weighted by molar-refractivity contribution is 4.94. The average Bonchev–Trinajstić information content (AvgIpc) is 2.55. The van der Waals surface area contributed by atoms with E-state index >= 15 is 0 Å². The third-order valence-corrected chi connectivity index (χ3v) is 3.48. The maximum Gasteiger partial charge on any atom is 0.0672 e. The zero-order valence-electron chi connectivity index (χ0n) is 10.7. The number of nitrogens with one attached hydrogen (secondary N) is 1. The molecule has 0 aromatic heterocycles. The maximum atomic E-state index is 9.19. The van der Waals surface area contributed by atoms with Gasteiger partial charge in [-0.2, -0.15) is 5.26 Å². The lowest BCUT2D eigenvalue weighted by atomic mass is 9.95. The van der Waals surface area contributed by atoms with Crippen LogP contribution in [-0.4, -0.2) is 37.5 Å². The molecule has 98 valence electrons. The Bertz CT molecular complexity index is 234. The molecule has 1 saturated carbocycles. The fourth-order valence-electron chi connectivity index (χ4n) is 2.54. The zero-order chi connectivity index (χ0) is 12.5. The summed E-state index contributed by atoms with van der Waals surface area (Å²) in [6.07, 6.45) is 6.31. The Kier molecular flexibility index (Phi) is 7.18. The molecule has 0 spiro atoms. The number of nitrogens with zero attached hydrogens (tertiary/aromatic N) is 1. The Balaban J connectivity index is 2.51.